The van der Waals surface area contributed by atoms with Crippen LogP contribution in [0, 0.1) is 0 Å². The maximum atomic E-state index is 12.7. The quantitative estimate of drug-likeness (QED) is 0.849. The van der Waals surface area contributed by atoms with Gasteiger partial charge >= 0.3 is 6.18 Å². The van der Waals surface area contributed by atoms with E-state index in [1.54, 1.807) is 13.2 Å². The number of hydrogen-bond donors (Lipinski definition) is 1. The lowest BCUT2D eigenvalue weighted by Crippen LogP contribution is -2.27. The molecule has 0 saturated heterocycles. The number of hydrogen-bond acceptors (Lipinski definition) is 2. The Hall–Kier alpha value is -2.01. The lowest BCUT2D eigenvalue weighted by atomic mass is 10.0. The SMILES string of the molecule is COc1ccc(CNC(C)Cc2cccc(C(F)(F)F)c2)cc1. The first-order valence-corrected chi connectivity index (χ1v) is 7.41. The molecule has 1 unspecified atom stereocenters. The maximum Gasteiger partial charge on any atom is 0.416 e. The zero-order valence-corrected chi connectivity index (χ0v) is 13.2. The molecule has 0 fully saturated rings. The molecule has 0 amide bonds. The van der Waals surface area contributed by atoms with Gasteiger partial charge in [-0.2, -0.15) is 13.2 Å². The van der Waals surface area contributed by atoms with Gasteiger partial charge in [-0.3, -0.25) is 0 Å². The van der Waals surface area contributed by atoms with E-state index in [0.29, 0.717) is 18.5 Å². The van der Waals surface area contributed by atoms with E-state index in [1.807, 2.05) is 31.2 Å². The van der Waals surface area contributed by atoms with Gasteiger partial charge in [0.2, 0.25) is 0 Å². The van der Waals surface area contributed by atoms with Crippen molar-refractivity contribution in [2.45, 2.75) is 32.1 Å². The van der Waals surface area contributed by atoms with Crippen LogP contribution in [-0.2, 0) is 19.1 Å². The summed E-state index contributed by atoms with van der Waals surface area (Å²) in [6.07, 6.45) is -3.75. The van der Waals surface area contributed by atoms with Crippen molar-refractivity contribution in [3.8, 4) is 5.75 Å². The first kappa shape index (κ1) is 17.3. The highest BCUT2D eigenvalue weighted by Gasteiger charge is 2.30. The number of halogens is 3. The Kier molecular flexibility index (Phi) is 5.66. The van der Waals surface area contributed by atoms with Crippen LogP contribution in [0.4, 0.5) is 13.2 Å². The molecule has 1 atom stereocenters. The van der Waals surface area contributed by atoms with Crippen LogP contribution in [0.3, 0.4) is 0 Å². The largest absolute Gasteiger partial charge is 0.497 e. The summed E-state index contributed by atoms with van der Waals surface area (Å²) in [5, 5.41) is 3.32. The van der Waals surface area contributed by atoms with Gasteiger partial charge in [0.25, 0.3) is 0 Å². The number of alkyl halides is 3. The summed E-state index contributed by atoms with van der Waals surface area (Å²) < 4.78 is 43.2. The van der Waals surface area contributed by atoms with E-state index in [-0.39, 0.29) is 6.04 Å². The zero-order valence-electron chi connectivity index (χ0n) is 13.2. The lowest BCUT2D eigenvalue weighted by Gasteiger charge is -2.15. The molecule has 0 aliphatic heterocycles. The van der Waals surface area contributed by atoms with E-state index < -0.39 is 11.7 Å². The number of rotatable bonds is 6. The minimum atomic E-state index is -4.30. The van der Waals surface area contributed by atoms with Crippen LogP contribution in [0.5, 0.6) is 5.75 Å². The van der Waals surface area contributed by atoms with Gasteiger partial charge < -0.3 is 10.1 Å². The van der Waals surface area contributed by atoms with E-state index in [0.717, 1.165) is 17.4 Å². The molecule has 0 aliphatic carbocycles. The summed E-state index contributed by atoms with van der Waals surface area (Å²) in [4.78, 5) is 0. The number of benzene rings is 2. The zero-order chi connectivity index (χ0) is 16.9. The van der Waals surface area contributed by atoms with E-state index in [4.69, 9.17) is 4.74 Å². The Labute approximate surface area is 134 Å². The molecule has 0 aromatic heterocycles. The molecular formula is C18H20F3NO. The number of ether oxygens (including phenoxy) is 1. The van der Waals surface area contributed by atoms with Gasteiger partial charge in [-0.1, -0.05) is 30.3 Å². The van der Waals surface area contributed by atoms with Gasteiger partial charge in [0.1, 0.15) is 5.75 Å². The highest BCUT2D eigenvalue weighted by molar-refractivity contribution is 5.28. The van der Waals surface area contributed by atoms with Crippen molar-refractivity contribution in [1.82, 2.24) is 5.32 Å². The van der Waals surface area contributed by atoms with Crippen molar-refractivity contribution in [2.24, 2.45) is 0 Å². The van der Waals surface area contributed by atoms with Crippen LogP contribution < -0.4 is 10.1 Å². The molecule has 23 heavy (non-hydrogen) atoms. The van der Waals surface area contributed by atoms with Gasteiger partial charge in [0.05, 0.1) is 12.7 Å². The smallest absolute Gasteiger partial charge is 0.416 e. The minimum absolute atomic E-state index is 0.0700. The molecular weight excluding hydrogens is 303 g/mol. The second-order valence-electron chi connectivity index (χ2n) is 5.53. The first-order valence-electron chi connectivity index (χ1n) is 7.41. The average Bonchev–Trinajstić information content (AvgIpc) is 2.53. The summed E-state index contributed by atoms with van der Waals surface area (Å²) in [7, 11) is 1.62. The average molecular weight is 323 g/mol. The van der Waals surface area contributed by atoms with Crippen molar-refractivity contribution >= 4 is 0 Å². The van der Waals surface area contributed by atoms with Crippen LogP contribution in [0.25, 0.3) is 0 Å². The Balaban J connectivity index is 1.90. The fraction of sp³-hybridized carbons (Fsp3) is 0.333. The topological polar surface area (TPSA) is 21.3 Å². The Morgan fingerprint density at radius 1 is 1.04 bits per heavy atom. The first-order chi connectivity index (χ1) is 10.9. The van der Waals surface area contributed by atoms with Crippen LogP contribution in [0.15, 0.2) is 48.5 Å². The molecule has 0 radical (unpaired) electrons. The standard InChI is InChI=1S/C18H20F3NO/c1-13(22-12-14-6-8-17(23-2)9-7-14)10-15-4-3-5-16(11-15)18(19,20)21/h3-9,11,13,22H,10,12H2,1-2H3. The number of methoxy groups -OCH3 is 1. The third-order valence-electron chi connectivity index (χ3n) is 3.61. The fourth-order valence-corrected chi connectivity index (χ4v) is 2.34. The van der Waals surface area contributed by atoms with Gasteiger partial charge in [-0.05, 0) is 42.7 Å². The van der Waals surface area contributed by atoms with E-state index >= 15 is 0 Å². The second-order valence-corrected chi connectivity index (χ2v) is 5.53. The molecule has 2 aromatic rings. The molecule has 2 aromatic carbocycles. The summed E-state index contributed by atoms with van der Waals surface area (Å²) in [5.74, 6) is 0.797. The summed E-state index contributed by atoms with van der Waals surface area (Å²) in [5.41, 5.74) is 1.17. The van der Waals surface area contributed by atoms with Gasteiger partial charge in [-0.25, -0.2) is 0 Å². The Bertz CT molecular complexity index is 623. The highest BCUT2D eigenvalue weighted by Crippen LogP contribution is 2.29. The predicted octanol–water partition coefficient (Wildman–Crippen LogP) is 4.43. The molecule has 0 heterocycles. The fourth-order valence-electron chi connectivity index (χ4n) is 2.34. The third-order valence-corrected chi connectivity index (χ3v) is 3.61. The second kappa shape index (κ2) is 7.51. The number of nitrogens with one attached hydrogen (secondary N) is 1. The highest BCUT2D eigenvalue weighted by atomic mass is 19.4. The Morgan fingerprint density at radius 3 is 2.35 bits per heavy atom. The molecule has 124 valence electrons. The molecule has 5 heteroatoms. The monoisotopic (exact) mass is 323 g/mol. The molecule has 0 bridgehead atoms. The van der Waals surface area contributed by atoms with Crippen molar-refractivity contribution in [1.29, 1.82) is 0 Å². The molecule has 2 rings (SSSR count). The summed E-state index contributed by atoms with van der Waals surface area (Å²) in [6.45, 7) is 2.62. The third kappa shape index (κ3) is 5.28. The molecule has 1 N–H and O–H groups in total. The van der Waals surface area contributed by atoms with Gasteiger partial charge in [0, 0.05) is 12.6 Å². The molecule has 0 aliphatic rings. The van der Waals surface area contributed by atoms with E-state index in [1.165, 1.54) is 12.1 Å². The van der Waals surface area contributed by atoms with Crippen molar-refractivity contribution in [3.05, 3.63) is 65.2 Å². The van der Waals surface area contributed by atoms with Crippen LogP contribution in [0.1, 0.15) is 23.6 Å². The Morgan fingerprint density at radius 2 is 1.74 bits per heavy atom. The lowest BCUT2D eigenvalue weighted by molar-refractivity contribution is -0.137. The van der Waals surface area contributed by atoms with Gasteiger partial charge in [-0.15, -0.1) is 0 Å². The summed E-state index contributed by atoms with van der Waals surface area (Å²) in [6, 6.07) is 13.2. The van der Waals surface area contributed by atoms with Crippen molar-refractivity contribution in [3.63, 3.8) is 0 Å². The van der Waals surface area contributed by atoms with Crippen molar-refractivity contribution < 1.29 is 17.9 Å². The van der Waals surface area contributed by atoms with Crippen LogP contribution in [0.2, 0.25) is 0 Å². The molecule has 0 saturated carbocycles. The summed E-state index contributed by atoms with van der Waals surface area (Å²) >= 11 is 0. The predicted molar refractivity (Wildman–Crippen MR) is 84.4 cm³/mol. The van der Waals surface area contributed by atoms with E-state index in [9.17, 15) is 13.2 Å². The molecule has 2 nitrogen and oxygen atoms in total. The maximum absolute atomic E-state index is 12.7. The van der Waals surface area contributed by atoms with Gasteiger partial charge in [0.15, 0.2) is 0 Å². The minimum Gasteiger partial charge on any atom is -0.497 e. The van der Waals surface area contributed by atoms with Crippen LogP contribution >= 0.6 is 0 Å². The van der Waals surface area contributed by atoms with E-state index in [2.05, 4.69) is 5.32 Å². The van der Waals surface area contributed by atoms with Crippen LogP contribution in [-0.4, -0.2) is 13.2 Å². The molecule has 0 spiro atoms. The normalized spacial score (nSPS) is 12.9. The van der Waals surface area contributed by atoms with Crippen molar-refractivity contribution in [2.75, 3.05) is 7.11 Å².